The quantitative estimate of drug-likeness (QED) is 0.840. The SMILES string of the molecule is COc1ccc2c(c1)OCCN2C(=O)CNC(=O)O. The monoisotopic (exact) mass is 266 g/mol. The minimum atomic E-state index is -1.23. The number of fused-ring (bicyclic) bond motifs is 1. The number of hydrogen-bond acceptors (Lipinski definition) is 4. The van der Waals surface area contributed by atoms with Crippen molar-refractivity contribution < 1.29 is 24.2 Å². The molecule has 0 aromatic heterocycles. The van der Waals surface area contributed by atoms with E-state index in [4.69, 9.17) is 14.6 Å². The molecule has 0 saturated heterocycles. The second kappa shape index (κ2) is 5.47. The van der Waals surface area contributed by atoms with Gasteiger partial charge in [0, 0.05) is 6.07 Å². The molecule has 0 bridgehead atoms. The lowest BCUT2D eigenvalue weighted by molar-refractivity contribution is -0.118. The third kappa shape index (κ3) is 2.87. The van der Waals surface area contributed by atoms with E-state index in [9.17, 15) is 9.59 Å². The fraction of sp³-hybridized carbons (Fsp3) is 0.333. The third-order valence-corrected chi connectivity index (χ3v) is 2.72. The van der Waals surface area contributed by atoms with Crippen LogP contribution in [-0.4, -0.2) is 43.9 Å². The number of amides is 2. The summed E-state index contributed by atoms with van der Waals surface area (Å²) in [5, 5.41) is 10.6. The van der Waals surface area contributed by atoms with Gasteiger partial charge in [0.05, 0.1) is 19.3 Å². The van der Waals surface area contributed by atoms with Crippen molar-refractivity contribution in [1.29, 1.82) is 0 Å². The van der Waals surface area contributed by atoms with Crippen LogP contribution in [0.25, 0.3) is 0 Å². The highest BCUT2D eigenvalue weighted by atomic mass is 16.5. The zero-order valence-corrected chi connectivity index (χ0v) is 10.4. The molecule has 7 heteroatoms. The van der Waals surface area contributed by atoms with Gasteiger partial charge in [0.2, 0.25) is 5.91 Å². The highest BCUT2D eigenvalue weighted by Crippen LogP contribution is 2.34. The minimum absolute atomic E-state index is 0.263. The van der Waals surface area contributed by atoms with Gasteiger partial charge in [-0.2, -0.15) is 0 Å². The summed E-state index contributed by atoms with van der Waals surface area (Å²) in [5.74, 6) is 0.864. The molecular weight excluding hydrogens is 252 g/mol. The van der Waals surface area contributed by atoms with Crippen LogP contribution >= 0.6 is 0 Å². The minimum Gasteiger partial charge on any atom is -0.497 e. The maximum atomic E-state index is 11.9. The van der Waals surface area contributed by atoms with E-state index in [1.807, 2.05) is 0 Å². The number of nitrogens with zero attached hydrogens (tertiary/aromatic N) is 1. The highest BCUT2D eigenvalue weighted by Gasteiger charge is 2.24. The van der Waals surface area contributed by atoms with Gasteiger partial charge in [0.25, 0.3) is 0 Å². The van der Waals surface area contributed by atoms with E-state index in [1.54, 1.807) is 25.3 Å². The Morgan fingerprint density at radius 1 is 1.53 bits per heavy atom. The summed E-state index contributed by atoms with van der Waals surface area (Å²) in [6.07, 6.45) is -1.23. The van der Waals surface area contributed by atoms with Crippen molar-refractivity contribution in [3.8, 4) is 11.5 Å². The van der Waals surface area contributed by atoms with E-state index in [2.05, 4.69) is 5.32 Å². The van der Waals surface area contributed by atoms with Crippen molar-refractivity contribution in [3.63, 3.8) is 0 Å². The van der Waals surface area contributed by atoms with E-state index < -0.39 is 6.09 Å². The van der Waals surface area contributed by atoms with Gasteiger partial charge in [-0.3, -0.25) is 4.79 Å². The number of carbonyl (C=O) groups is 2. The van der Waals surface area contributed by atoms with Crippen LogP contribution in [0.15, 0.2) is 18.2 Å². The molecule has 2 N–H and O–H groups in total. The van der Waals surface area contributed by atoms with E-state index in [-0.39, 0.29) is 12.5 Å². The van der Waals surface area contributed by atoms with Gasteiger partial charge in [-0.05, 0) is 12.1 Å². The molecule has 0 saturated carbocycles. The third-order valence-electron chi connectivity index (χ3n) is 2.72. The number of anilines is 1. The van der Waals surface area contributed by atoms with Gasteiger partial charge in [-0.15, -0.1) is 0 Å². The molecule has 0 aliphatic carbocycles. The Bertz CT molecular complexity index is 503. The Morgan fingerprint density at radius 3 is 3.00 bits per heavy atom. The predicted octanol–water partition coefficient (Wildman–Crippen LogP) is 0.688. The molecule has 2 amide bonds. The second-order valence-electron chi connectivity index (χ2n) is 3.89. The smallest absolute Gasteiger partial charge is 0.405 e. The fourth-order valence-electron chi connectivity index (χ4n) is 1.83. The van der Waals surface area contributed by atoms with Crippen molar-refractivity contribution >= 4 is 17.7 Å². The Labute approximate surface area is 109 Å². The molecule has 2 rings (SSSR count). The molecule has 7 nitrogen and oxygen atoms in total. The second-order valence-corrected chi connectivity index (χ2v) is 3.89. The van der Waals surface area contributed by atoms with E-state index in [1.165, 1.54) is 4.90 Å². The van der Waals surface area contributed by atoms with Crippen LogP contribution in [0.5, 0.6) is 11.5 Å². The predicted molar refractivity (Wildman–Crippen MR) is 66.9 cm³/mol. The van der Waals surface area contributed by atoms with Crippen LogP contribution in [0.4, 0.5) is 10.5 Å². The lowest BCUT2D eigenvalue weighted by atomic mass is 10.2. The van der Waals surface area contributed by atoms with Crippen LogP contribution < -0.4 is 19.7 Å². The summed E-state index contributed by atoms with van der Waals surface area (Å²) >= 11 is 0. The number of benzene rings is 1. The molecule has 1 aliphatic rings. The number of nitrogens with one attached hydrogen (secondary N) is 1. The van der Waals surface area contributed by atoms with Gasteiger partial charge >= 0.3 is 6.09 Å². The van der Waals surface area contributed by atoms with Gasteiger partial charge in [0.15, 0.2) is 0 Å². The first-order valence-corrected chi connectivity index (χ1v) is 5.70. The maximum absolute atomic E-state index is 11.9. The van der Waals surface area contributed by atoms with Crippen LogP contribution in [0.2, 0.25) is 0 Å². The van der Waals surface area contributed by atoms with Crippen LogP contribution in [0.1, 0.15) is 0 Å². The summed E-state index contributed by atoms with van der Waals surface area (Å²) in [6, 6.07) is 5.13. The molecule has 19 heavy (non-hydrogen) atoms. The molecule has 0 unspecified atom stereocenters. The number of carbonyl (C=O) groups excluding carboxylic acids is 1. The fourth-order valence-corrected chi connectivity index (χ4v) is 1.83. The normalized spacial score (nSPS) is 13.2. The summed E-state index contributed by atoms with van der Waals surface area (Å²) in [6.45, 7) is 0.485. The van der Waals surface area contributed by atoms with Crippen molar-refractivity contribution in [2.75, 3.05) is 31.7 Å². The largest absolute Gasteiger partial charge is 0.497 e. The van der Waals surface area contributed by atoms with Crippen molar-refractivity contribution in [2.24, 2.45) is 0 Å². The molecule has 1 heterocycles. The number of ether oxygens (including phenoxy) is 2. The Morgan fingerprint density at radius 2 is 2.32 bits per heavy atom. The summed E-state index contributed by atoms with van der Waals surface area (Å²) < 4.78 is 10.5. The molecule has 1 aliphatic heterocycles. The molecule has 0 spiro atoms. The lowest BCUT2D eigenvalue weighted by Crippen LogP contribution is -2.43. The van der Waals surface area contributed by atoms with Crippen molar-refractivity contribution in [2.45, 2.75) is 0 Å². The molecule has 0 radical (unpaired) electrons. The van der Waals surface area contributed by atoms with Gasteiger partial charge in [0.1, 0.15) is 24.7 Å². The molecule has 102 valence electrons. The topological polar surface area (TPSA) is 88.1 Å². The molecule has 1 aromatic carbocycles. The highest BCUT2D eigenvalue weighted by molar-refractivity contribution is 5.97. The van der Waals surface area contributed by atoms with Gasteiger partial charge < -0.3 is 24.8 Å². The number of methoxy groups -OCH3 is 1. The molecule has 0 fully saturated rings. The lowest BCUT2D eigenvalue weighted by Gasteiger charge is -2.29. The molecule has 0 atom stereocenters. The zero-order valence-electron chi connectivity index (χ0n) is 10.4. The van der Waals surface area contributed by atoms with Crippen LogP contribution in [0.3, 0.4) is 0 Å². The first kappa shape index (κ1) is 13.0. The number of hydrogen-bond donors (Lipinski definition) is 2. The van der Waals surface area contributed by atoms with Crippen LogP contribution in [0, 0.1) is 0 Å². The standard InChI is InChI=1S/C12H14N2O5/c1-18-8-2-3-9-10(6-8)19-5-4-14(9)11(15)7-13-12(16)17/h2-3,6,13H,4-5,7H2,1H3,(H,16,17). The van der Waals surface area contributed by atoms with Crippen molar-refractivity contribution in [1.82, 2.24) is 5.32 Å². The molecular formula is C12H14N2O5. The zero-order chi connectivity index (χ0) is 13.8. The average Bonchev–Trinajstić information content (AvgIpc) is 2.43. The van der Waals surface area contributed by atoms with Crippen LogP contribution in [-0.2, 0) is 4.79 Å². The Kier molecular flexibility index (Phi) is 3.74. The van der Waals surface area contributed by atoms with E-state index in [0.29, 0.717) is 30.3 Å². The summed E-state index contributed by atoms with van der Waals surface area (Å²) in [5.41, 5.74) is 0.615. The van der Waals surface area contributed by atoms with E-state index >= 15 is 0 Å². The first-order chi connectivity index (χ1) is 9.11. The van der Waals surface area contributed by atoms with Crippen molar-refractivity contribution in [3.05, 3.63) is 18.2 Å². The Hall–Kier alpha value is -2.44. The number of carboxylic acid groups (broad SMARTS) is 1. The van der Waals surface area contributed by atoms with Gasteiger partial charge in [-0.1, -0.05) is 0 Å². The number of rotatable bonds is 3. The average molecular weight is 266 g/mol. The Balaban J connectivity index is 2.17. The summed E-state index contributed by atoms with van der Waals surface area (Å²) in [7, 11) is 1.55. The van der Waals surface area contributed by atoms with E-state index in [0.717, 1.165) is 0 Å². The maximum Gasteiger partial charge on any atom is 0.405 e. The first-order valence-electron chi connectivity index (χ1n) is 5.70. The van der Waals surface area contributed by atoms with Gasteiger partial charge in [-0.25, -0.2) is 4.79 Å². The summed E-state index contributed by atoms with van der Waals surface area (Å²) in [4.78, 5) is 23.8. The molecule has 1 aromatic rings.